The highest BCUT2D eigenvalue weighted by molar-refractivity contribution is 9.10. The summed E-state index contributed by atoms with van der Waals surface area (Å²) in [5.41, 5.74) is 1.24. The van der Waals surface area contributed by atoms with Crippen LogP contribution in [0.15, 0.2) is 29.0 Å². The minimum absolute atomic E-state index is 0.225. The van der Waals surface area contributed by atoms with Gasteiger partial charge in [-0.2, -0.15) is 5.10 Å². The quantitative estimate of drug-likeness (QED) is 0.885. The Morgan fingerprint density at radius 3 is 3.00 bits per heavy atom. The van der Waals surface area contributed by atoms with Crippen molar-refractivity contribution in [2.24, 2.45) is 0 Å². The Morgan fingerprint density at radius 1 is 1.56 bits per heavy atom. The van der Waals surface area contributed by atoms with Crippen LogP contribution in [-0.2, 0) is 0 Å². The van der Waals surface area contributed by atoms with Gasteiger partial charge in [-0.1, -0.05) is 15.9 Å². The Kier molecular flexibility index (Phi) is 3.00. The smallest absolute Gasteiger partial charge is 0.260 e. The van der Waals surface area contributed by atoms with Crippen molar-refractivity contribution < 1.29 is 4.79 Å². The van der Waals surface area contributed by atoms with Crippen LogP contribution in [0.2, 0.25) is 0 Å². The minimum Gasteiger partial charge on any atom is -0.306 e. The molecule has 0 radical (unpaired) electrons. The molecule has 1 amide bonds. The van der Waals surface area contributed by atoms with Crippen LogP contribution in [0.3, 0.4) is 0 Å². The van der Waals surface area contributed by atoms with Gasteiger partial charge in [0, 0.05) is 16.4 Å². The molecule has 0 atom stereocenters. The lowest BCUT2D eigenvalue weighted by molar-refractivity contribution is 0.102. The molecule has 6 heteroatoms. The van der Waals surface area contributed by atoms with Crippen LogP contribution in [0.25, 0.3) is 0 Å². The number of rotatable bonds is 2. The van der Waals surface area contributed by atoms with E-state index < -0.39 is 0 Å². The number of carbonyl (C=O) groups excluding carboxylic acids is 1. The Balaban J connectivity index is 2.17. The van der Waals surface area contributed by atoms with E-state index in [0.717, 1.165) is 10.2 Å². The van der Waals surface area contributed by atoms with E-state index >= 15 is 0 Å². The number of hydrogen-bond donors (Lipinski definition) is 2. The van der Waals surface area contributed by atoms with Gasteiger partial charge in [-0.05, 0) is 19.1 Å². The molecular formula is C10H9BrN4O. The van der Waals surface area contributed by atoms with Crippen molar-refractivity contribution in [3.8, 4) is 0 Å². The highest BCUT2D eigenvalue weighted by Crippen LogP contribution is 2.14. The molecule has 0 unspecified atom stereocenters. The summed E-state index contributed by atoms with van der Waals surface area (Å²) in [6, 6.07) is 3.52. The number of halogens is 1. The van der Waals surface area contributed by atoms with Crippen LogP contribution in [0.5, 0.6) is 0 Å². The van der Waals surface area contributed by atoms with Crippen LogP contribution in [0, 0.1) is 6.92 Å². The van der Waals surface area contributed by atoms with Crippen LogP contribution in [-0.4, -0.2) is 21.1 Å². The van der Waals surface area contributed by atoms with E-state index in [1.807, 2.05) is 0 Å². The molecule has 0 saturated carbocycles. The van der Waals surface area contributed by atoms with Crippen molar-refractivity contribution in [1.82, 2.24) is 15.2 Å². The maximum absolute atomic E-state index is 11.8. The zero-order valence-corrected chi connectivity index (χ0v) is 10.1. The lowest BCUT2D eigenvalue weighted by Crippen LogP contribution is -2.13. The van der Waals surface area contributed by atoms with Gasteiger partial charge in [-0.25, -0.2) is 4.98 Å². The van der Waals surface area contributed by atoms with E-state index in [-0.39, 0.29) is 5.91 Å². The van der Waals surface area contributed by atoms with Gasteiger partial charge in [0.05, 0.1) is 11.8 Å². The predicted molar refractivity (Wildman–Crippen MR) is 63.2 cm³/mol. The first-order valence-electron chi connectivity index (χ1n) is 4.59. The number of H-pyrrole nitrogens is 1. The molecule has 0 bridgehead atoms. The van der Waals surface area contributed by atoms with Crippen LogP contribution in [0.1, 0.15) is 16.1 Å². The van der Waals surface area contributed by atoms with Crippen LogP contribution < -0.4 is 5.32 Å². The number of aromatic amines is 1. The lowest BCUT2D eigenvalue weighted by Gasteiger charge is -2.03. The third-order valence-electron chi connectivity index (χ3n) is 2.04. The van der Waals surface area contributed by atoms with E-state index in [9.17, 15) is 4.79 Å². The first kappa shape index (κ1) is 10.8. The van der Waals surface area contributed by atoms with Crippen LogP contribution >= 0.6 is 15.9 Å². The highest BCUT2D eigenvalue weighted by Gasteiger charge is 2.11. The molecule has 2 N–H and O–H groups in total. The van der Waals surface area contributed by atoms with Crippen molar-refractivity contribution >= 4 is 27.7 Å². The summed E-state index contributed by atoms with van der Waals surface area (Å²) in [6.07, 6.45) is 3.10. The van der Waals surface area contributed by atoms with E-state index in [4.69, 9.17) is 0 Å². The van der Waals surface area contributed by atoms with Crippen molar-refractivity contribution in [2.45, 2.75) is 6.92 Å². The highest BCUT2D eigenvalue weighted by atomic mass is 79.9. The predicted octanol–water partition coefficient (Wildman–Crippen LogP) is 2.13. The molecule has 2 rings (SSSR count). The molecule has 0 aliphatic rings. The lowest BCUT2D eigenvalue weighted by atomic mass is 10.2. The van der Waals surface area contributed by atoms with Crippen LogP contribution in [0.4, 0.5) is 5.82 Å². The number of hydrogen-bond acceptors (Lipinski definition) is 3. The summed E-state index contributed by atoms with van der Waals surface area (Å²) >= 11 is 3.31. The second-order valence-electron chi connectivity index (χ2n) is 3.22. The first-order chi connectivity index (χ1) is 7.66. The molecule has 0 saturated heterocycles. The van der Waals surface area contributed by atoms with Gasteiger partial charge in [0.15, 0.2) is 0 Å². The van der Waals surface area contributed by atoms with Gasteiger partial charge < -0.3 is 5.32 Å². The zero-order valence-electron chi connectivity index (χ0n) is 8.49. The average molecular weight is 281 g/mol. The van der Waals surface area contributed by atoms with Gasteiger partial charge in [0.25, 0.3) is 5.91 Å². The number of amides is 1. The molecule has 2 aromatic heterocycles. The van der Waals surface area contributed by atoms with Gasteiger partial charge in [-0.3, -0.25) is 9.89 Å². The first-order valence-corrected chi connectivity index (χ1v) is 5.39. The Bertz CT molecular complexity index is 523. The van der Waals surface area contributed by atoms with Gasteiger partial charge in [-0.15, -0.1) is 0 Å². The number of aromatic nitrogens is 3. The third kappa shape index (κ3) is 2.27. The fraction of sp³-hybridized carbons (Fsp3) is 0.100. The summed E-state index contributed by atoms with van der Waals surface area (Å²) in [5, 5.41) is 9.18. The maximum atomic E-state index is 11.8. The Labute approximate surface area is 100 Å². The summed E-state index contributed by atoms with van der Waals surface area (Å²) in [4.78, 5) is 15.8. The zero-order chi connectivity index (χ0) is 11.5. The average Bonchev–Trinajstić information content (AvgIpc) is 2.64. The molecule has 0 fully saturated rings. The van der Waals surface area contributed by atoms with Crippen molar-refractivity contribution in [3.63, 3.8) is 0 Å². The number of anilines is 1. The van der Waals surface area contributed by atoms with E-state index in [2.05, 4.69) is 36.4 Å². The number of aryl methyl sites for hydroxylation is 1. The third-order valence-corrected chi connectivity index (χ3v) is 2.53. The second kappa shape index (κ2) is 4.44. The number of nitrogens with zero attached hydrogens (tertiary/aromatic N) is 2. The normalized spacial score (nSPS) is 10.1. The largest absolute Gasteiger partial charge is 0.306 e. The fourth-order valence-corrected chi connectivity index (χ4v) is 1.57. The van der Waals surface area contributed by atoms with E-state index in [0.29, 0.717) is 11.4 Å². The molecule has 82 valence electrons. The van der Waals surface area contributed by atoms with Crippen molar-refractivity contribution in [2.75, 3.05) is 5.32 Å². The monoisotopic (exact) mass is 280 g/mol. The number of nitrogens with one attached hydrogen (secondary N) is 2. The molecule has 0 aliphatic carbocycles. The summed E-state index contributed by atoms with van der Waals surface area (Å²) < 4.78 is 0.863. The van der Waals surface area contributed by atoms with Crippen molar-refractivity contribution in [3.05, 3.63) is 40.3 Å². The summed E-state index contributed by atoms with van der Waals surface area (Å²) in [6.45, 7) is 1.79. The Morgan fingerprint density at radius 2 is 2.38 bits per heavy atom. The molecule has 0 spiro atoms. The molecule has 0 aliphatic heterocycles. The number of carbonyl (C=O) groups is 1. The van der Waals surface area contributed by atoms with E-state index in [1.54, 1.807) is 25.3 Å². The SMILES string of the molecule is Cc1[nH]ncc1C(=O)Nc1cc(Br)ccn1. The van der Waals surface area contributed by atoms with Gasteiger partial charge in [0.1, 0.15) is 5.82 Å². The van der Waals surface area contributed by atoms with Crippen molar-refractivity contribution in [1.29, 1.82) is 0 Å². The summed E-state index contributed by atoms with van der Waals surface area (Å²) in [5.74, 6) is 0.275. The second-order valence-corrected chi connectivity index (χ2v) is 4.14. The molecule has 0 aromatic carbocycles. The topological polar surface area (TPSA) is 70.7 Å². The molecule has 2 aromatic rings. The molecule has 2 heterocycles. The molecule has 5 nitrogen and oxygen atoms in total. The maximum Gasteiger partial charge on any atom is 0.260 e. The Hall–Kier alpha value is -1.69. The van der Waals surface area contributed by atoms with E-state index in [1.165, 1.54) is 6.20 Å². The summed E-state index contributed by atoms with van der Waals surface area (Å²) in [7, 11) is 0. The number of pyridine rings is 1. The van der Waals surface area contributed by atoms with Gasteiger partial charge >= 0.3 is 0 Å². The molecular weight excluding hydrogens is 272 g/mol. The fourth-order valence-electron chi connectivity index (χ4n) is 1.24. The minimum atomic E-state index is -0.225. The molecule has 16 heavy (non-hydrogen) atoms. The van der Waals surface area contributed by atoms with Gasteiger partial charge in [0.2, 0.25) is 0 Å². The standard InChI is InChI=1S/C10H9BrN4O/c1-6-8(5-13-15-6)10(16)14-9-4-7(11)2-3-12-9/h2-5H,1H3,(H,13,15)(H,12,14,16).